The Bertz CT molecular complexity index is 320. The van der Waals surface area contributed by atoms with E-state index < -0.39 is 5.97 Å². The van der Waals surface area contributed by atoms with Crippen LogP contribution < -0.4 is 10.6 Å². The second-order valence-corrected chi connectivity index (χ2v) is 4.28. The van der Waals surface area contributed by atoms with Crippen LogP contribution in [0, 0.1) is 0 Å². The Balaban J connectivity index is 3.67. The molecule has 0 aromatic carbocycles. The van der Waals surface area contributed by atoms with Crippen molar-refractivity contribution in [2.75, 3.05) is 40.8 Å². The fourth-order valence-corrected chi connectivity index (χ4v) is 1.20. The maximum Gasteiger partial charge on any atom is 0.317 e. The molecule has 0 atom stereocenters. The molecule has 0 aliphatic heterocycles. The molecule has 0 aromatic heterocycles. The maximum atomic E-state index is 11.5. The molecular formula is C11H22N4O4. The lowest BCUT2D eigenvalue weighted by Gasteiger charge is -2.18. The summed E-state index contributed by atoms with van der Waals surface area (Å²) in [6.45, 7) is 1.04. The van der Waals surface area contributed by atoms with E-state index in [2.05, 4.69) is 10.6 Å². The molecule has 0 aromatic rings. The number of nitrogens with zero attached hydrogens (tertiary/aromatic N) is 2. The highest BCUT2D eigenvalue weighted by Crippen LogP contribution is 1.93. The molecule has 0 aliphatic carbocycles. The van der Waals surface area contributed by atoms with Crippen molar-refractivity contribution in [2.45, 2.75) is 12.8 Å². The average Bonchev–Trinajstić information content (AvgIpc) is 2.33. The van der Waals surface area contributed by atoms with Gasteiger partial charge in [-0.15, -0.1) is 0 Å². The van der Waals surface area contributed by atoms with Crippen LogP contribution in [-0.4, -0.2) is 73.7 Å². The van der Waals surface area contributed by atoms with Gasteiger partial charge in [0.2, 0.25) is 0 Å². The molecule has 0 radical (unpaired) electrons. The first-order chi connectivity index (χ1) is 8.84. The summed E-state index contributed by atoms with van der Waals surface area (Å²) < 4.78 is 0. The van der Waals surface area contributed by atoms with E-state index in [4.69, 9.17) is 5.11 Å². The number of nitrogens with one attached hydrogen (secondary N) is 2. The minimum absolute atomic E-state index is 0.0382. The minimum Gasteiger partial charge on any atom is -0.481 e. The fraction of sp³-hybridized carbons (Fsp3) is 0.727. The zero-order chi connectivity index (χ0) is 14.8. The van der Waals surface area contributed by atoms with Crippen molar-refractivity contribution in [3.8, 4) is 0 Å². The van der Waals surface area contributed by atoms with E-state index in [1.807, 2.05) is 0 Å². The van der Waals surface area contributed by atoms with Crippen LogP contribution >= 0.6 is 0 Å². The molecule has 0 saturated heterocycles. The molecule has 3 N–H and O–H groups in total. The van der Waals surface area contributed by atoms with E-state index in [1.54, 1.807) is 21.1 Å². The van der Waals surface area contributed by atoms with Gasteiger partial charge in [-0.25, -0.2) is 9.59 Å². The lowest BCUT2D eigenvalue weighted by molar-refractivity contribution is -0.137. The van der Waals surface area contributed by atoms with Gasteiger partial charge in [-0.05, 0) is 6.42 Å². The van der Waals surface area contributed by atoms with Crippen LogP contribution in [0.3, 0.4) is 0 Å². The number of amides is 4. The second-order valence-electron chi connectivity index (χ2n) is 4.28. The maximum absolute atomic E-state index is 11.5. The van der Waals surface area contributed by atoms with Crippen LogP contribution in [-0.2, 0) is 4.79 Å². The number of carboxylic acids is 1. The van der Waals surface area contributed by atoms with Gasteiger partial charge in [-0.3, -0.25) is 4.79 Å². The van der Waals surface area contributed by atoms with E-state index in [0.29, 0.717) is 26.1 Å². The second kappa shape index (κ2) is 9.01. The zero-order valence-electron chi connectivity index (χ0n) is 11.6. The van der Waals surface area contributed by atoms with Gasteiger partial charge in [0.05, 0.1) is 0 Å². The summed E-state index contributed by atoms with van der Waals surface area (Å²) in [5, 5.41) is 13.7. The van der Waals surface area contributed by atoms with Crippen molar-refractivity contribution in [3.63, 3.8) is 0 Å². The summed E-state index contributed by atoms with van der Waals surface area (Å²) in [5.74, 6) is -0.875. The van der Waals surface area contributed by atoms with Crippen molar-refractivity contribution >= 4 is 18.0 Å². The van der Waals surface area contributed by atoms with Crippen molar-refractivity contribution in [3.05, 3.63) is 0 Å². The highest BCUT2D eigenvalue weighted by atomic mass is 16.4. The van der Waals surface area contributed by atoms with Crippen molar-refractivity contribution < 1.29 is 19.5 Å². The summed E-state index contributed by atoms with van der Waals surface area (Å²) in [6.07, 6.45) is 0.452. The SMILES string of the molecule is CN(C)C(=O)NCCNC(=O)N(C)CCCC(=O)O. The number of aliphatic carboxylic acids is 1. The van der Waals surface area contributed by atoms with Crippen LogP contribution in [0.25, 0.3) is 0 Å². The molecule has 4 amide bonds. The van der Waals surface area contributed by atoms with Crippen LogP contribution in [0.5, 0.6) is 0 Å². The molecule has 0 unspecified atom stereocenters. The third-order valence-corrected chi connectivity index (χ3v) is 2.31. The molecule has 19 heavy (non-hydrogen) atoms. The van der Waals surface area contributed by atoms with Crippen LogP contribution in [0.2, 0.25) is 0 Å². The van der Waals surface area contributed by atoms with Gasteiger partial charge in [-0.2, -0.15) is 0 Å². The molecule has 0 spiro atoms. The highest BCUT2D eigenvalue weighted by Gasteiger charge is 2.08. The van der Waals surface area contributed by atoms with Crippen molar-refractivity contribution in [1.82, 2.24) is 20.4 Å². The summed E-state index contributed by atoms with van der Waals surface area (Å²) in [6, 6.07) is -0.506. The molecule has 8 nitrogen and oxygen atoms in total. The fourth-order valence-electron chi connectivity index (χ4n) is 1.20. The number of urea groups is 2. The predicted molar refractivity (Wildman–Crippen MR) is 70.0 cm³/mol. The van der Waals surface area contributed by atoms with Gasteiger partial charge in [-0.1, -0.05) is 0 Å². The van der Waals surface area contributed by atoms with Gasteiger partial charge in [0.25, 0.3) is 0 Å². The van der Waals surface area contributed by atoms with Crippen molar-refractivity contribution in [1.29, 1.82) is 0 Å². The first-order valence-electron chi connectivity index (χ1n) is 6.00. The Kier molecular flexibility index (Phi) is 8.07. The molecule has 0 fully saturated rings. The van der Waals surface area contributed by atoms with Gasteiger partial charge < -0.3 is 25.5 Å². The first-order valence-corrected chi connectivity index (χ1v) is 6.00. The van der Waals surface area contributed by atoms with Crippen molar-refractivity contribution in [2.24, 2.45) is 0 Å². The largest absolute Gasteiger partial charge is 0.481 e. The number of rotatable bonds is 7. The lowest BCUT2D eigenvalue weighted by atomic mass is 10.3. The molecule has 110 valence electrons. The Morgan fingerprint density at radius 2 is 1.53 bits per heavy atom. The van der Waals surface area contributed by atoms with E-state index >= 15 is 0 Å². The average molecular weight is 274 g/mol. The topological polar surface area (TPSA) is 102 Å². The van der Waals surface area contributed by atoms with Gasteiger partial charge >= 0.3 is 18.0 Å². The van der Waals surface area contributed by atoms with Gasteiger partial charge in [0, 0.05) is 47.2 Å². The molecule has 0 aliphatic rings. The Labute approximate surface area is 112 Å². The summed E-state index contributed by atoms with van der Waals surface area (Å²) in [7, 11) is 4.85. The van der Waals surface area contributed by atoms with Crippen LogP contribution in [0.4, 0.5) is 9.59 Å². The number of hydrogen-bond acceptors (Lipinski definition) is 3. The third kappa shape index (κ3) is 8.70. The van der Waals surface area contributed by atoms with E-state index in [9.17, 15) is 14.4 Å². The number of carbonyl (C=O) groups is 3. The molecular weight excluding hydrogens is 252 g/mol. The monoisotopic (exact) mass is 274 g/mol. The minimum atomic E-state index is -0.875. The van der Waals surface area contributed by atoms with E-state index in [-0.39, 0.29) is 18.5 Å². The summed E-state index contributed by atoms with van der Waals surface area (Å²) in [5.41, 5.74) is 0. The molecule has 0 rings (SSSR count). The molecule has 0 saturated carbocycles. The third-order valence-electron chi connectivity index (χ3n) is 2.31. The van der Waals surface area contributed by atoms with E-state index in [1.165, 1.54) is 9.80 Å². The lowest BCUT2D eigenvalue weighted by Crippen LogP contribution is -2.43. The Morgan fingerprint density at radius 3 is 2.00 bits per heavy atom. The summed E-state index contributed by atoms with van der Waals surface area (Å²) >= 11 is 0. The Morgan fingerprint density at radius 1 is 1.00 bits per heavy atom. The van der Waals surface area contributed by atoms with E-state index in [0.717, 1.165) is 0 Å². The quantitative estimate of drug-likeness (QED) is 0.558. The first kappa shape index (κ1) is 17.0. The Hall–Kier alpha value is -1.99. The predicted octanol–water partition coefficient (Wildman–Crippen LogP) is -0.236. The highest BCUT2D eigenvalue weighted by molar-refractivity contribution is 5.75. The van der Waals surface area contributed by atoms with Crippen LogP contribution in [0.1, 0.15) is 12.8 Å². The standard InChI is InChI=1S/C11H22N4O4/c1-14(2)10(18)12-6-7-13-11(19)15(3)8-4-5-9(16)17/h4-8H2,1-3H3,(H,12,18)(H,13,19)(H,16,17). The smallest absolute Gasteiger partial charge is 0.317 e. The molecule has 0 heterocycles. The molecule has 0 bridgehead atoms. The normalized spacial score (nSPS) is 9.63. The number of hydrogen-bond donors (Lipinski definition) is 3. The van der Waals surface area contributed by atoms with Gasteiger partial charge in [0.15, 0.2) is 0 Å². The number of carboxylic acid groups (broad SMARTS) is 1. The van der Waals surface area contributed by atoms with Crippen LogP contribution in [0.15, 0.2) is 0 Å². The zero-order valence-corrected chi connectivity index (χ0v) is 11.6. The van der Waals surface area contributed by atoms with Gasteiger partial charge in [0.1, 0.15) is 0 Å². The number of carbonyl (C=O) groups excluding carboxylic acids is 2. The molecule has 8 heteroatoms. The summed E-state index contributed by atoms with van der Waals surface area (Å²) in [4.78, 5) is 35.8.